The van der Waals surface area contributed by atoms with Crippen LogP contribution in [0, 0.1) is 5.92 Å². The summed E-state index contributed by atoms with van der Waals surface area (Å²) in [4.78, 5) is 22.6. The molecule has 1 fully saturated rings. The van der Waals surface area contributed by atoms with E-state index >= 15 is 0 Å². The number of fused-ring (bicyclic) bond motifs is 1. The van der Waals surface area contributed by atoms with Crippen LogP contribution in [0.15, 0.2) is 24.3 Å². The van der Waals surface area contributed by atoms with Gasteiger partial charge in [-0.15, -0.1) is 11.3 Å². The summed E-state index contributed by atoms with van der Waals surface area (Å²) < 4.78 is 0. The minimum atomic E-state index is -0.0606. The summed E-state index contributed by atoms with van der Waals surface area (Å²) in [5.41, 5.74) is 2.24. The van der Waals surface area contributed by atoms with Crippen LogP contribution in [0.1, 0.15) is 23.9 Å². The summed E-state index contributed by atoms with van der Waals surface area (Å²) in [7, 11) is 0. The highest BCUT2D eigenvalue weighted by atomic mass is 32.1. The Morgan fingerprint density at radius 3 is 2.69 bits per heavy atom. The second-order valence-corrected chi connectivity index (χ2v) is 8.24. The SMILES string of the molecule is C[C@@H]1CCc2nc(NC(=O)N3CCN(c4ccc(O)cc4)CC3)sc2C1. The predicted molar refractivity (Wildman–Crippen MR) is 104 cm³/mol. The number of phenols is 1. The number of hydrogen-bond donors (Lipinski definition) is 2. The van der Waals surface area contributed by atoms with Crippen molar-refractivity contribution in [1.82, 2.24) is 9.88 Å². The Morgan fingerprint density at radius 2 is 1.96 bits per heavy atom. The van der Waals surface area contributed by atoms with Crippen molar-refractivity contribution in [3.63, 3.8) is 0 Å². The largest absolute Gasteiger partial charge is 0.508 e. The standard InChI is InChI=1S/C19H24N4O2S/c1-13-2-7-16-17(12-13)26-18(20-16)21-19(25)23-10-8-22(9-11-23)14-3-5-15(24)6-4-14/h3-6,13,24H,2,7-12H2,1H3,(H,20,21,25)/t13-/m1/s1. The second-order valence-electron chi connectivity index (χ2n) is 7.16. The van der Waals surface area contributed by atoms with Gasteiger partial charge in [0.15, 0.2) is 5.13 Å². The van der Waals surface area contributed by atoms with Gasteiger partial charge in [-0.25, -0.2) is 9.78 Å². The van der Waals surface area contributed by atoms with Gasteiger partial charge >= 0.3 is 6.03 Å². The van der Waals surface area contributed by atoms with Gasteiger partial charge < -0.3 is 14.9 Å². The number of aromatic nitrogens is 1. The maximum Gasteiger partial charge on any atom is 0.323 e. The molecule has 0 radical (unpaired) electrons. The highest BCUT2D eigenvalue weighted by Crippen LogP contribution is 2.32. The molecule has 0 spiro atoms. The number of aryl methyl sites for hydroxylation is 1. The van der Waals surface area contributed by atoms with Gasteiger partial charge in [0.25, 0.3) is 0 Å². The normalized spacial score (nSPS) is 20.0. The molecule has 1 aromatic heterocycles. The van der Waals surface area contributed by atoms with Crippen LogP contribution in [0.5, 0.6) is 5.75 Å². The first-order valence-electron chi connectivity index (χ1n) is 9.17. The quantitative estimate of drug-likeness (QED) is 0.848. The number of piperazine rings is 1. The van der Waals surface area contributed by atoms with Crippen LogP contribution < -0.4 is 10.2 Å². The zero-order valence-corrected chi connectivity index (χ0v) is 15.8. The van der Waals surface area contributed by atoms with Crippen LogP contribution in [0.2, 0.25) is 0 Å². The van der Waals surface area contributed by atoms with E-state index in [-0.39, 0.29) is 11.8 Å². The minimum absolute atomic E-state index is 0.0606. The molecular weight excluding hydrogens is 348 g/mol. The molecule has 7 heteroatoms. The van der Waals surface area contributed by atoms with Crippen molar-refractivity contribution in [3.8, 4) is 5.75 Å². The van der Waals surface area contributed by atoms with E-state index in [4.69, 9.17) is 0 Å². The van der Waals surface area contributed by atoms with Gasteiger partial charge in [0.05, 0.1) is 5.69 Å². The highest BCUT2D eigenvalue weighted by Gasteiger charge is 2.24. The summed E-state index contributed by atoms with van der Waals surface area (Å²) in [5.74, 6) is 0.979. The van der Waals surface area contributed by atoms with Crippen LogP contribution >= 0.6 is 11.3 Å². The van der Waals surface area contributed by atoms with E-state index in [0.717, 1.165) is 36.8 Å². The van der Waals surface area contributed by atoms with Crippen LogP contribution in [0.3, 0.4) is 0 Å². The molecule has 4 rings (SSSR count). The fourth-order valence-corrected chi connectivity index (χ4v) is 4.76. The molecule has 1 atom stereocenters. The number of nitrogens with zero attached hydrogens (tertiary/aromatic N) is 3. The zero-order valence-electron chi connectivity index (χ0n) is 14.9. The smallest absolute Gasteiger partial charge is 0.323 e. The van der Waals surface area contributed by atoms with Crippen molar-refractivity contribution in [2.45, 2.75) is 26.2 Å². The van der Waals surface area contributed by atoms with Gasteiger partial charge in [-0.3, -0.25) is 5.32 Å². The number of thiazole rings is 1. The Labute approximate surface area is 157 Å². The second kappa shape index (κ2) is 7.15. The van der Waals surface area contributed by atoms with Crippen molar-refractivity contribution in [1.29, 1.82) is 0 Å². The van der Waals surface area contributed by atoms with Gasteiger partial charge in [0.1, 0.15) is 5.75 Å². The fourth-order valence-electron chi connectivity index (χ4n) is 3.60. The Kier molecular flexibility index (Phi) is 4.72. The maximum atomic E-state index is 12.6. The maximum absolute atomic E-state index is 12.6. The lowest BCUT2D eigenvalue weighted by Crippen LogP contribution is -2.50. The summed E-state index contributed by atoms with van der Waals surface area (Å²) in [6.45, 7) is 5.19. The van der Waals surface area contributed by atoms with Gasteiger partial charge in [-0.2, -0.15) is 0 Å². The lowest BCUT2D eigenvalue weighted by molar-refractivity contribution is 0.208. The average molecular weight is 372 g/mol. The number of amides is 2. The number of aromatic hydroxyl groups is 1. The average Bonchev–Trinajstić information content (AvgIpc) is 3.03. The molecule has 0 unspecified atom stereocenters. The number of urea groups is 1. The van der Waals surface area contributed by atoms with Gasteiger partial charge in [0.2, 0.25) is 0 Å². The molecule has 2 aliphatic rings. The molecule has 1 aliphatic carbocycles. The van der Waals surface area contributed by atoms with E-state index in [9.17, 15) is 9.90 Å². The third-order valence-electron chi connectivity index (χ3n) is 5.18. The number of anilines is 2. The zero-order chi connectivity index (χ0) is 18.1. The highest BCUT2D eigenvalue weighted by molar-refractivity contribution is 7.15. The number of carbonyl (C=O) groups excluding carboxylic acids is 1. The van der Waals surface area contributed by atoms with Crippen molar-refractivity contribution in [2.24, 2.45) is 5.92 Å². The van der Waals surface area contributed by atoms with Crippen molar-refractivity contribution in [2.75, 3.05) is 36.4 Å². The Bertz CT molecular complexity index is 781. The van der Waals surface area contributed by atoms with E-state index < -0.39 is 0 Å². The third-order valence-corrected chi connectivity index (χ3v) is 6.22. The molecule has 0 saturated carbocycles. The van der Waals surface area contributed by atoms with Crippen LogP contribution in [-0.4, -0.2) is 47.2 Å². The van der Waals surface area contributed by atoms with E-state index in [1.807, 2.05) is 17.0 Å². The predicted octanol–water partition coefficient (Wildman–Crippen LogP) is 3.33. The number of rotatable bonds is 2. The molecule has 1 aromatic carbocycles. The number of benzene rings is 1. The van der Waals surface area contributed by atoms with E-state index in [0.29, 0.717) is 19.0 Å². The van der Waals surface area contributed by atoms with Gasteiger partial charge in [-0.05, 0) is 49.4 Å². The topological polar surface area (TPSA) is 68.7 Å². The Morgan fingerprint density at radius 1 is 1.23 bits per heavy atom. The first-order valence-corrected chi connectivity index (χ1v) is 9.98. The molecule has 138 valence electrons. The molecule has 1 saturated heterocycles. The summed E-state index contributed by atoms with van der Waals surface area (Å²) >= 11 is 1.63. The molecule has 2 amide bonds. The number of carbonyl (C=O) groups is 1. The Hall–Kier alpha value is -2.28. The first-order chi connectivity index (χ1) is 12.6. The minimum Gasteiger partial charge on any atom is -0.508 e. The molecule has 2 heterocycles. The van der Waals surface area contributed by atoms with Crippen molar-refractivity contribution < 1.29 is 9.90 Å². The molecule has 26 heavy (non-hydrogen) atoms. The third kappa shape index (κ3) is 3.62. The summed E-state index contributed by atoms with van der Waals surface area (Å²) in [5, 5.41) is 13.1. The molecule has 2 aromatic rings. The number of nitrogens with one attached hydrogen (secondary N) is 1. The lowest BCUT2D eigenvalue weighted by atomic mass is 9.93. The van der Waals surface area contributed by atoms with Gasteiger partial charge in [-0.1, -0.05) is 6.92 Å². The van der Waals surface area contributed by atoms with E-state index in [1.165, 1.54) is 17.0 Å². The van der Waals surface area contributed by atoms with Crippen molar-refractivity contribution >= 4 is 28.2 Å². The molecule has 6 nitrogen and oxygen atoms in total. The number of hydrogen-bond acceptors (Lipinski definition) is 5. The Balaban J connectivity index is 1.33. The number of phenolic OH excluding ortho intramolecular Hbond substituents is 1. The van der Waals surface area contributed by atoms with Crippen LogP contribution in [0.4, 0.5) is 15.6 Å². The monoisotopic (exact) mass is 372 g/mol. The first kappa shape index (κ1) is 17.1. The summed E-state index contributed by atoms with van der Waals surface area (Å²) in [6.07, 6.45) is 3.28. The van der Waals surface area contributed by atoms with E-state index in [2.05, 4.69) is 22.1 Å². The molecular formula is C19H24N4O2S. The lowest BCUT2D eigenvalue weighted by Gasteiger charge is -2.35. The van der Waals surface area contributed by atoms with E-state index in [1.54, 1.807) is 23.5 Å². The molecule has 1 aliphatic heterocycles. The fraction of sp³-hybridized carbons (Fsp3) is 0.474. The van der Waals surface area contributed by atoms with Crippen LogP contribution in [-0.2, 0) is 12.8 Å². The van der Waals surface area contributed by atoms with Crippen molar-refractivity contribution in [3.05, 3.63) is 34.8 Å². The summed E-state index contributed by atoms with van der Waals surface area (Å²) in [6, 6.07) is 7.15. The van der Waals surface area contributed by atoms with Gasteiger partial charge in [0, 0.05) is 36.7 Å². The molecule has 0 bridgehead atoms. The molecule has 2 N–H and O–H groups in total. The van der Waals surface area contributed by atoms with Crippen LogP contribution in [0.25, 0.3) is 0 Å².